The van der Waals surface area contributed by atoms with Gasteiger partial charge in [0, 0.05) is 37.6 Å². The summed E-state index contributed by atoms with van der Waals surface area (Å²) in [5.74, 6) is -0.716. The number of carbonyl (C=O) groups excluding carboxylic acids is 3. The number of allylic oxidation sites excluding steroid dienone is 1. The van der Waals surface area contributed by atoms with E-state index in [1.165, 1.54) is 31.3 Å². The van der Waals surface area contributed by atoms with Crippen LogP contribution in [0.25, 0.3) is 0 Å². The average molecular weight is 292 g/mol. The average Bonchev–Trinajstić information content (AvgIpc) is 2.95. The van der Waals surface area contributed by atoms with E-state index in [1.807, 2.05) is 0 Å². The molecule has 0 fully saturated rings. The Balaban J connectivity index is 2.15. The number of rotatable bonds is 4. The van der Waals surface area contributed by atoms with Gasteiger partial charge in [-0.2, -0.15) is 0 Å². The van der Waals surface area contributed by atoms with Crippen molar-refractivity contribution < 1.29 is 23.9 Å². The summed E-state index contributed by atoms with van der Waals surface area (Å²) >= 11 is 0. The van der Waals surface area contributed by atoms with Gasteiger partial charge in [-0.25, -0.2) is 0 Å². The van der Waals surface area contributed by atoms with Crippen LogP contribution in [0.2, 0.25) is 0 Å². The van der Waals surface area contributed by atoms with Gasteiger partial charge in [0.15, 0.2) is 0 Å². The predicted octanol–water partition coefficient (Wildman–Crippen LogP) is -0.186. The summed E-state index contributed by atoms with van der Waals surface area (Å²) in [6.45, 7) is 0.275. The lowest BCUT2D eigenvalue weighted by Crippen LogP contribution is -2.32. The van der Waals surface area contributed by atoms with Crippen molar-refractivity contribution in [1.29, 1.82) is 0 Å². The predicted molar refractivity (Wildman–Crippen MR) is 72.6 cm³/mol. The Morgan fingerprint density at radius 3 is 2.62 bits per heavy atom. The molecule has 3 amide bonds. The Bertz CT molecular complexity index is 588. The van der Waals surface area contributed by atoms with Crippen LogP contribution in [0.1, 0.15) is 0 Å². The highest BCUT2D eigenvalue weighted by atomic mass is 16.5. The summed E-state index contributed by atoms with van der Waals surface area (Å²) in [6.07, 6.45) is 4.10. The van der Waals surface area contributed by atoms with E-state index < -0.39 is 11.8 Å². The highest BCUT2D eigenvalue weighted by Gasteiger charge is 2.29. The van der Waals surface area contributed by atoms with E-state index in [4.69, 9.17) is 9.47 Å². The quantitative estimate of drug-likeness (QED) is 0.672. The summed E-state index contributed by atoms with van der Waals surface area (Å²) in [7, 11) is 4.49. The molecule has 21 heavy (non-hydrogen) atoms. The molecule has 0 saturated heterocycles. The number of nitrogens with zero attached hydrogens (tertiary/aromatic N) is 2. The van der Waals surface area contributed by atoms with Gasteiger partial charge >= 0.3 is 0 Å². The fourth-order valence-electron chi connectivity index (χ4n) is 2.08. The molecule has 2 aliphatic rings. The molecule has 0 unspecified atom stereocenters. The van der Waals surface area contributed by atoms with Crippen molar-refractivity contribution in [3.05, 3.63) is 35.3 Å². The third-order valence-electron chi connectivity index (χ3n) is 3.25. The number of likely N-dealkylation sites (N-methyl/N-ethyl adjacent to an activating group) is 1. The number of amides is 3. The highest BCUT2D eigenvalue weighted by molar-refractivity contribution is 6.08. The Morgan fingerprint density at radius 2 is 2.05 bits per heavy atom. The van der Waals surface area contributed by atoms with Crippen LogP contribution in [0, 0.1) is 0 Å². The van der Waals surface area contributed by atoms with Crippen LogP contribution in [0.15, 0.2) is 35.3 Å². The molecular weight excluding hydrogens is 276 g/mol. The molecule has 0 aromatic rings. The van der Waals surface area contributed by atoms with Crippen molar-refractivity contribution in [2.75, 3.05) is 34.4 Å². The minimum atomic E-state index is -0.493. The number of hydrogen-bond donors (Lipinski definition) is 0. The van der Waals surface area contributed by atoms with Crippen molar-refractivity contribution in [3.8, 4) is 0 Å². The zero-order chi connectivity index (χ0) is 15.6. The first kappa shape index (κ1) is 15.0. The normalized spacial score (nSPS) is 20.2. The van der Waals surface area contributed by atoms with E-state index in [-0.39, 0.29) is 19.1 Å². The number of ether oxygens (including phenoxy) is 2. The van der Waals surface area contributed by atoms with Crippen molar-refractivity contribution in [3.63, 3.8) is 0 Å². The van der Waals surface area contributed by atoms with Crippen molar-refractivity contribution in [2.45, 2.75) is 0 Å². The number of imide groups is 1. The maximum atomic E-state index is 12.1. The molecule has 0 N–H and O–H groups in total. The lowest BCUT2D eigenvalue weighted by molar-refractivity contribution is -0.137. The van der Waals surface area contributed by atoms with Gasteiger partial charge in [-0.1, -0.05) is 0 Å². The fraction of sp³-hybridized carbons (Fsp3) is 0.357. The monoisotopic (exact) mass is 292 g/mol. The summed E-state index contributed by atoms with van der Waals surface area (Å²) in [5.41, 5.74) is 0.887. The van der Waals surface area contributed by atoms with E-state index in [0.717, 1.165) is 4.90 Å². The van der Waals surface area contributed by atoms with Crippen LogP contribution in [0.4, 0.5) is 0 Å². The number of carbonyl (C=O) groups is 3. The smallest absolute Gasteiger partial charge is 0.257 e. The minimum Gasteiger partial charge on any atom is -0.499 e. The van der Waals surface area contributed by atoms with Crippen molar-refractivity contribution in [2.24, 2.45) is 0 Å². The van der Waals surface area contributed by atoms with Crippen LogP contribution in [-0.2, 0) is 23.9 Å². The van der Waals surface area contributed by atoms with Crippen molar-refractivity contribution >= 4 is 17.7 Å². The lowest BCUT2D eigenvalue weighted by atomic mass is 10.3. The summed E-state index contributed by atoms with van der Waals surface area (Å²) in [5, 5.41) is 0. The van der Waals surface area contributed by atoms with Crippen LogP contribution < -0.4 is 0 Å². The standard InChI is InChI=1S/C14H16N2O5/c1-15-10(4-9(8-20-2)14(15)19)5-12(17)16-7-11(21-3)6-13(16)18/h4-6H,7-8H2,1-3H3. The van der Waals surface area contributed by atoms with Gasteiger partial charge in [-0.3, -0.25) is 19.3 Å². The molecule has 0 radical (unpaired) electrons. The Morgan fingerprint density at radius 1 is 1.33 bits per heavy atom. The van der Waals surface area contributed by atoms with Gasteiger partial charge in [-0.05, 0) is 6.08 Å². The van der Waals surface area contributed by atoms with Crippen LogP contribution in [0.5, 0.6) is 0 Å². The van der Waals surface area contributed by atoms with Gasteiger partial charge in [0.25, 0.3) is 17.7 Å². The van der Waals surface area contributed by atoms with Gasteiger partial charge in [-0.15, -0.1) is 0 Å². The maximum Gasteiger partial charge on any atom is 0.257 e. The van der Waals surface area contributed by atoms with Crippen molar-refractivity contribution in [1.82, 2.24) is 9.80 Å². The molecule has 0 atom stereocenters. The molecule has 0 aliphatic carbocycles. The van der Waals surface area contributed by atoms with E-state index in [2.05, 4.69) is 0 Å². The molecule has 112 valence electrons. The van der Waals surface area contributed by atoms with E-state index in [0.29, 0.717) is 17.0 Å². The van der Waals surface area contributed by atoms with E-state index in [1.54, 1.807) is 13.1 Å². The molecule has 2 aliphatic heterocycles. The van der Waals surface area contributed by atoms with E-state index >= 15 is 0 Å². The molecule has 7 heteroatoms. The maximum absolute atomic E-state index is 12.1. The molecule has 7 nitrogen and oxygen atoms in total. The fourth-order valence-corrected chi connectivity index (χ4v) is 2.08. The number of methoxy groups -OCH3 is 2. The van der Waals surface area contributed by atoms with Gasteiger partial charge in [0.1, 0.15) is 5.76 Å². The molecule has 0 aromatic carbocycles. The first-order valence-electron chi connectivity index (χ1n) is 6.27. The number of hydrogen-bond acceptors (Lipinski definition) is 5. The Kier molecular flexibility index (Phi) is 4.23. The zero-order valence-electron chi connectivity index (χ0n) is 12.1. The SMILES string of the molecule is COCC1=CC(=CC(=O)N2CC(OC)=CC2=O)N(C)C1=O. The third-order valence-corrected chi connectivity index (χ3v) is 3.25. The summed E-state index contributed by atoms with van der Waals surface area (Å²) < 4.78 is 9.88. The van der Waals surface area contributed by atoms with Gasteiger partial charge in [0.2, 0.25) is 0 Å². The third kappa shape index (κ3) is 2.87. The van der Waals surface area contributed by atoms with Crippen LogP contribution >= 0.6 is 0 Å². The van der Waals surface area contributed by atoms with E-state index in [9.17, 15) is 14.4 Å². The molecule has 2 heterocycles. The second-order valence-corrected chi connectivity index (χ2v) is 4.61. The molecule has 0 saturated carbocycles. The lowest BCUT2D eigenvalue weighted by Gasteiger charge is -2.14. The molecule has 0 spiro atoms. The second-order valence-electron chi connectivity index (χ2n) is 4.61. The molecular formula is C14H16N2O5. The molecule has 0 aromatic heterocycles. The topological polar surface area (TPSA) is 76.2 Å². The Labute approximate surface area is 122 Å². The first-order valence-corrected chi connectivity index (χ1v) is 6.27. The minimum absolute atomic E-state index is 0.101. The van der Waals surface area contributed by atoms with Crippen LogP contribution in [-0.4, -0.2) is 61.9 Å². The first-order chi connectivity index (χ1) is 9.97. The highest BCUT2D eigenvalue weighted by Crippen LogP contribution is 2.20. The molecule has 0 bridgehead atoms. The second kappa shape index (κ2) is 5.92. The zero-order valence-corrected chi connectivity index (χ0v) is 12.1. The van der Waals surface area contributed by atoms with Gasteiger partial charge < -0.3 is 14.4 Å². The Hall–Kier alpha value is -2.41. The van der Waals surface area contributed by atoms with Crippen LogP contribution in [0.3, 0.4) is 0 Å². The molecule has 2 rings (SSSR count). The van der Waals surface area contributed by atoms with Gasteiger partial charge in [0.05, 0.1) is 20.3 Å². The summed E-state index contributed by atoms with van der Waals surface area (Å²) in [6, 6.07) is 0. The largest absolute Gasteiger partial charge is 0.499 e. The summed E-state index contributed by atoms with van der Waals surface area (Å²) in [4.78, 5) is 38.1.